The van der Waals surface area contributed by atoms with Gasteiger partial charge in [0.2, 0.25) is 0 Å². The molecule has 0 bridgehead atoms. The van der Waals surface area contributed by atoms with Crippen molar-refractivity contribution in [2.45, 2.75) is 30.8 Å². The maximum atomic E-state index is 12.3. The second kappa shape index (κ2) is 6.86. The van der Waals surface area contributed by atoms with Gasteiger partial charge in [-0.3, -0.25) is 4.90 Å². The molecular formula is C15H24N4O3S+2. The van der Waals surface area contributed by atoms with Crippen LogP contribution in [0.3, 0.4) is 0 Å². The molecule has 1 saturated heterocycles. The van der Waals surface area contributed by atoms with Crippen molar-refractivity contribution >= 4 is 16.0 Å². The average molecular weight is 340 g/mol. The molecule has 23 heavy (non-hydrogen) atoms. The number of aryl methyl sites for hydroxylation is 1. The summed E-state index contributed by atoms with van der Waals surface area (Å²) in [7, 11) is -3.56. The number of hydrogen-bond donors (Lipinski definition) is 4. The number of guanidine groups is 1. The second-order valence-electron chi connectivity index (χ2n) is 6.09. The van der Waals surface area contributed by atoms with E-state index in [9.17, 15) is 8.42 Å². The number of quaternary nitrogens is 1. The minimum atomic E-state index is -3.56. The Kier molecular flexibility index (Phi) is 4.84. The first-order valence-corrected chi connectivity index (χ1v) is 9.40. The number of rotatable bonds is 4. The van der Waals surface area contributed by atoms with Gasteiger partial charge in [0.05, 0.1) is 0 Å². The number of ether oxygens (including phenoxy) is 1. The fourth-order valence-electron chi connectivity index (χ4n) is 2.81. The highest BCUT2D eigenvalue weighted by Gasteiger charge is 2.28. The van der Waals surface area contributed by atoms with Gasteiger partial charge in [0.25, 0.3) is 0 Å². The third-order valence-electron chi connectivity index (χ3n) is 4.14. The van der Waals surface area contributed by atoms with E-state index < -0.39 is 10.0 Å². The van der Waals surface area contributed by atoms with Crippen LogP contribution in [-0.4, -0.2) is 47.0 Å². The van der Waals surface area contributed by atoms with Crippen molar-refractivity contribution in [3.8, 4) is 0 Å². The van der Waals surface area contributed by atoms with Gasteiger partial charge in [-0.15, -0.1) is 0 Å². The summed E-state index contributed by atoms with van der Waals surface area (Å²) in [6.45, 7) is 5.04. The molecule has 2 aliphatic rings. The Balaban J connectivity index is 1.58. The Hall–Kier alpha value is -1.64. The van der Waals surface area contributed by atoms with Crippen molar-refractivity contribution in [3.05, 3.63) is 29.8 Å². The third kappa shape index (κ3) is 4.21. The number of nitrogens with one attached hydrogen (secondary N) is 4. The molecule has 0 amide bonds. The quantitative estimate of drug-likeness (QED) is 0.480. The van der Waals surface area contributed by atoms with Crippen LogP contribution in [0, 0.1) is 6.92 Å². The SMILES string of the molecule is Cc1ccc(S(=O)(=O)NC2=[NH+]C[NH+](C[C@H]3CCCO3)CN2)cc1. The highest BCUT2D eigenvalue weighted by molar-refractivity contribution is 7.90. The summed E-state index contributed by atoms with van der Waals surface area (Å²) in [5, 5.41) is 3.10. The topological polar surface area (TPSA) is 85.8 Å². The fraction of sp³-hybridized carbons (Fsp3) is 0.533. The lowest BCUT2D eigenvalue weighted by molar-refractivity contribution is -0.982. The first-order valence-electron chi connectivity index (χ1n) is 7.92. The molecule has 1 unspecified atom stereocenters. The largest absolute Gasteiger partial charge is 0.372 e. The zero-order valence-corrected chi connectivity index (χ0v) is 14.1. The van der Waals surface area contributed by atoms with E-state index in [4.69, 9.17) is 4.74 Å². The summed E-state index contributed by atoms with van der Waals surface area (Å²) in [5.74, 6) is 0.432. The van der Waals surface area contributed by atoms with E-state index in [0.29, 0.717) is 25.4 Å². The first-order chi connectivity index (χ1) is 11.0. The van der Waals surface area contributed by atoms with Gasteiger partial charge < -0.3 is 4.74 Å². The number of hydrogen-bond acceptors (Lipinski definition) is 4. The van der Waals surface area contributed by atoms with E-state index in [2.05, 4.69) is 15.0 Å². The maximum absolute atomic E-state index is 12.3. The molecule has 7 nitrogen and oxygen atoms in total. The number of benzene rings is 1. The van der Waals surface area contributed by atoms with Crippen LogP contribution in [0.2, 0.25) is 0 Å². The van der Waals surface area contributed by atoms with Crippen molar-refractivity contribution in [2.24, 2.45) is 0 Å². The van der Waals surface area contributed by atoms with Crippen molar-refractivity contribution in [2.75, 3.05) is 26.5 Å². The van der Waals surface area contributed by atoms with Crippen LogP contribution in [0.15, 0.2) is 29.2 Å². The molecule has 2 heterocycles. The van der Waals surface area contributed by atoms with Gasteiger partial charge >= 0.3 is 16.0 Å². The smallest absolute Gasteiger partial charge is 0.367 e. The lowest BCUT2D eigenvalue weighted by Gasteiger charge is -2.22. The fourth-order valence-corrected chi connectivity index (χ4v) is 3.83. The molecule has 126 valence electrons. The summed E-state index contributed by atoms with van der Waals surface area (Å²) >= 11 is 0. The van der Waals surface area contributed by atoms with Gasteiger partial charge in [-0.1, -0.05) is 17.7 Å². The summed E-state index contributed by atoms with van der Waals surface area (Å²) in [6, 6.07) is 6.79. The van der Waals surface area contributed by atoms with Gasteiger partial charge in [-0.05, 0) is 31.9 Å². The summed E-state index contributed by atoms with van der Waals surface area (Å²) in [6.07, 6.45) is 2.56. The molecule has 1 aromatic carbocycles. The molecule has 3 rings (SSSR count). The van der Waals surface area contributed by atoms with Crippen LogP contribution in [0.25, 0.3) is 0 Å². The van der Waals surface area contributed by atoms with Crippen molar-refractivity contribution in [1.82, 2.24) is 10.0 Å². The van der Waals surface area contributed by atoms with Crippen LogP contribution in [0.4, 0.5) is 0 Å². The van der Waals surface area contributed by atoms with E-state index in [-0.39, 0.29) is 4.90 Å². The summed E-state index contributed by atoms with van der Waals surface area (Å²) in [4.78, 5) is 4.66. The van der Waals surface area contributed by atoms with E-state index in [1.807, 2.05) is 6.92 Å². The Morgan fingerprint density at radius 3 is 2.78 bits per heavy atom. The summed E-state index contributed by atoms with van der Waals surface area (Å²) < 4.78 is 32.9. The molecule has 1 fully saturated rings. The molecule has 4 N–H and O–H groups in total. The lowest BCUT2D eigenvalue weighted by Crippen LogP contribution is -3.25. The Morgan fingerprint density at radius 2 is 2.17 bits per heavy atom. The van der Waals surface area contributed by atoms with Crippen LogP contribution >= 0.6 is 0 Å². The highest BCUT2D eigenvalue weighted by atomic mass is 32.2. The van der Waals surface area contributed by atoms with Gasteiger partial charge in [-0.25, -0.2) is 10.3 Å². The molecule has 0 spiro atoms. The maximum Gasteiger partial charge on any atom is 0.367 e. The molecule has 1 aromatic rings. The predicted octanol–water partition coefficient (Wildman–Crippen LogP) is -2.71. The van der Waals surface area contributed by atoms with Gasteiger partial charge in [0.15, 0.2) is 13.3 Å². The molecule has 0 radical (unpaired) electrons. The molecule has 0 aromatic heterocycles. The Labute approximate surface area is 136 Å². The molecule has 8 heteroatoms. The minimum Gasteiger partial charge on any atom is -0.372 e. The highest BCUT2D eigenvalue weighted by Crippen LogP contribution is 2.10. The predicted molar refractivity (Wildman–Crippen MR) is 85.1 cm³/mol. The number of sulfonamides is 1. The van der Waals surface area contributed by atoms with Crippen molar-refractivity contribution in [1.29, 1.82) is 0 Å². The standard InChI is InChI=1S/C15H22N4O3S/c1-12-4-6-14(7-5-12)23(20,21)18-15-16-10-19(11-17-15)9-13-3-2-8-22-13/h4-7,13H,2-3,8-11H2,1H3,(H2,16,17,18)/p+2/t13-/m1/s1. The van der Waals surface area contributed by atoms with Gasteiger partial charge in [-0.2, -0.15) is 13.1 Å². The summed E-state index contributed by atoms with van der Waals surface area (Å²) in [5.41, 5.74) is 1.03. The second-order valence-corrected chi connectivity index (χ2v) is 7.77. The van der Waals surface area contributed by atoms with Crippen LogP contribution in [0.1, 0.15) is 18.4 Å². The van der Waals surface area contributed by atoms with Crippen LogP contribution in [-0.2, 0) is 14.8 Å². The zero-order valence-electron chi connectivity index (χ0n) is 13.3. The van der Waals surface area contributed by atoms with E-state index >= 15 is 0 Å². The van der Waals surface area contributed by atoms with Gasteiger partial charge in [0.1, 0.15) is 17.5 Å². The molecule has 0 saturated carbocycles. The monoisotopic (exact) mass is 340 g/mol. The molecule has 2 atom stereocenters. The zero-order chi connectivity index (χ0) is 16.3. The lowest BCUT2D eigenvalue weighted by atomic mass is 10.2. The molecule has 0 aliphatic carbocycles. The minimum absolute atomic E-state index is 0.258. The van der Waals surface area contributed by atoms with E-state index in [1.165, 1.54) is 4.90 Å². The normalized spacial score (nSPS) is 24.8. The van der Waals surface area contributed by atoms with Gasteiger partial charge in [0, 0.05) is 6.61 Å². The third-order valence-corrected chi connectivity index (χ3v) is 5.50. The molecular weight excluding hydrogens is 316 g/mol. The Bertz CT molecular complexity index is 666. The van der Waals surface area contributed by atoms with Crippen LogP contribution in [0.5, 0.6) is 0 Å². The Morgan fingerprint density at radius 1 is 1.39 bits per heavy atom. The molecule has 2 aliphatic heterocycles. The van der Waals surface area contributed by atoms with Crippen LogP contribution < -0.4 is 19.9 Å². The van der Waals surface area contributed by atoms with Crippen molar-refractivity contribution in [3.63, 3.8) is 0 Å². The van der Waals surface area contributed by atoms with E-state index in [1.54, 1.807) is 24.3 Å². The van der Waals surface area contributed by atoms with Crippen molar-refractivity contribution < 1.29 is 23.0 Å². The average Bonchev–Trinajstić information content (AvgIpc) is 3.02. The first kappa shape index (κ1) is 16.2. The van der Waals surface area contributed by atoms with E-state index in [0.717, 1.165) is 31.6 Å².